The Morgan fingerprint density at radius 2 is 1.76 bits per heavy atom. The SMILES string of the molecule is CCNC(=NCC(O)c1ccc(OC(F)F)cc1)NCC. The Balaban J connectivity index is 2.61. The minimum absolute atomic E-state index is 0.0606. The monoisotopic (exact) mass is 301 g/mol. The molecule has 5 nitrogen and oxygen atoms in total. The van der Waals surface area contributed by atoms with Gasteiger partial charge in [-0.1, -0.05) is 12.1 Å². The van der Waals surface area contributed by atoms with E-state index in [0.29, 0.717) is 11.5 Å². The fraction of sp³-hybridized carbons (Fsp3) is 0.500. The lowest BCUT2D eigenvalue weighted by atomic mass is 10.1. The van der Waals surface area contributed by atoms with Gasteiger partial charge in [0.15, 0.2) is 5.96 Å². The molecular formula is C14H21F2N3O2. The van der Waals surface area contributed by atoms with Crippen LogP contribution in [0.15, 0.2) is 29.3 Å². The fourth-order valence-corrected chi connectivity index (χ4v) is 1.66. The fourth-order valence-electron chi connectivity index (χ4n) is 1.66. The average molecular weight is 301 g/mol. The average Bonchev–Trinajstić information content (AvgIpc) is 2.45. The molecule has 1 unspecified atom stereocenters. The van der Waals surface area contributed by atoms with Gasteiger partial charge in [-0.25, -0.2) is 0 Å². The zero-order chi connectivity index (χ0) is 15.7. The predicted molar refractivity (Wildman–Crippen MR) is 77.7 cm³/mol. The van der Waals surface area contributed by atoms with Gasteiger partial charge in [0, 0.05) is 13.1 Å². The maximum Gasteiger partial charge on any atom is 0.387 e. The number of ether oxygens (including phenoxy) is 1. The molecule has 0 spiro atoms. The molecule has 118 valence electrons. The number of rotatable bonds is 7. The van der Waals surface area contributed by atoms with Crippen LogP contribution in [0.25, 0.3) is 0 Å². The van der Waals surface area contributed by atoms with Crippen molar-refractivity contribution in [2.24, 2.45) is 4.99 Å². The molecular weight excluding hydrogens is 280 g/mol. The molecule has 0 amide bonds. The second-order valence-corrected chi connectivity index (χ2v) is 4.21. The summed E-state index contributed by atoms with van der Waals surface area (Å²) in [5.41, 5.74) is 0.590. The number of hydrogen-bond acceptors (Lipinski definition) is 3. The highest BCUT2D eigenvalue weighted by molar-refractivity contribution is 5.79. The van der Waals surface area contributed by atoms with Gasteiger partial charge in [0.25, 0.3) is 0 Å². The minimum Gasteiger partial charge on any atom is -0.435 e. The molecule has 21 heavy (non-hydrogen) atoms. The van der Waals surface area contributed by atoms with Crippen molar-refractivity contribution in [3.63, 3.8) is 0 Å². The van der Waals surface area contributed by atoms with Crippen LogP contribution in [0.5, 0.6) is 5.75 Å². The van der Waals surface area contributed by atoms with Crippen molar-refractivity contribution >= 4 is 5.96 Å². The van der Waals surface area contributed by atoms with E-state index in [1.165, 1.54) is 24.3 Å². The second-order valence-electron chi connectivity index (χ2n) is 4.21. The van der Waals surface area contributed by atoms with Crippen molar-refractivity contribution in [3.05, 3.63) is 29.8 Å². The molecule has 0 fully saturated rings. The van der Waals surface area contributed by atoms with Crippen LogP contribution in [0, 0.1) is 0 Å². The first-order chi connectivity index (χ1) is 10.1. The van der Waals surface area contributed by atoms with Crippen molar-refractivity contribution in [3.8, 4) is 5.75 Å². The van der Waals surface area contributed by atoms with E-state index in [1.54, 1.807) is 0 Å². The summed E-state index contributed by atoms with van der Waals surface area (Å²) in [5.74, 6) is 0.683. The summed E-state index contributed by atoms with van der Waals surface area (Å²) >= 11 is 0. The summed E-state index contributed by atoms with van der Waals surface area (Å²) < 4.78 is 28.3. The van der Waals surface area contributed by atoms with Crippen molar-refractivity contribution in [1.29, 1.82) is 0 Å². The van der Waals surface area contributed by atoms with Crippen LogP contribution in [0.2, 0.25) is 0 Å². The molecule has 0 aliphatic rings. The topological polar surface area (TPSA) is 65.9 Å². The van der Waals surface area contributed by atoms with Gasteiger partial charge >= 0.3 is 6.61 Å². The van der Waals surface area contributed by atoms with Crippen LogP contribution >= 0.6 is 0 Å². The highest BCUT2D eigenvalue weighted by atomic mass is 19.3. The molecule has 0 aliphatic carbocycles. The molecule has 3 N–H and O–H groups in total. The van der Waals surface area contributed by atoms with Crippen LogP contribution in [0.4, 0.5) is 8.78 Å². The zero-order valence-electron chi connectivity index (χ0n) is 12.1. The number of hydrogen-bond donors (Lipinski definition) is 3. The van der Waals surface area contributed by atoms with Crippen molar-refractivity contribution in [1.82, 2.24) is 10.6 Å². The van der Waals surface area contributed by atoms with Gasteiger partial charge in [0.2, 0.25) is 0 Å². The van der Waals surface area contributed by atoms with Gasteiger partial charge in [0.05, 0.1) is 12.6 Å². The Kier molecular flexibility index (Phi) is 7.45. The lowest BCUT2D eigenvalue weighted by Gasteiger charge is -2.12. The maximum atomic E-state index is 12.0. The third kappa shape index (κ3) is 6.40. The van der Waals surface area contributed by atoms with Gasteiger partial charge in [-0.15, -0.1) is 0 Å². The highest BCUT2D eigenvalue weighted by Crippen LogP contribution is 2.19. The molecule has 1 atom stereocenters. The molecule has 0 heterocycles. The van der Waals surface area contributed by atoms with Gasteiger partial charge in [0.1, 0.15) is 5.75 Å². The molecule has 0 aliphatic heterocycles. The number of aliphatic hydroxyl groups is 1. The summed E-state index contributed by atoms with van der Waals surface area (Å²) in [4.78, 5) is 4.24. The lowest BCUT2D eigenvalue weighted by molar-refractivity contribution is -0.0498. The van der Waals surface area contributed by atoms with Crippen LogP contribution in [-0.2, 0) is 0 Å². The Labute approximate surface area is 123 Å². The van der Waals surface area contributed by atoms with Gasteiger partial charge in [-0.05, 0) is 31.5 Å². The number of guanidine groups is 1. The van der Waals surface area contributed by atoms with E-state index in [-0.39, 0.29) is 12.3 Å². The largest absolute Gasteiger partial charge is 0.435 e. The third-order valence-corrected chi connectivity index (χ3v) is 2.60. The second kappa shape index (κ2) is 9.12. The molecule has 1 aromatic rings. The van der Waals surface area contributed by atoms with E-state index < -0.39 is 12.7 Å². The van der Waals surface area contributed by atoms with Gasteiger partial charge in [-0.2, -0.15) is 8.78 Å². The summed E-state index contributed by atoms with van der Waals surface area (Å²) in [6.45, 7) is 2.66. The summed E-state index contributed by atoms with van der Waals surface area (Å²) in [5, 5.41) is 16.1. The minimum atomic E-state index is -2.85. The molecule has 0 bridgehead atoms. The zero-order valence-corrected chi connectivity index (χ0v) is 12.1. The summed E-state index contributed by atoms with van der Waals surface area (Å²) in [6, 6.07) is 5.87. The maximum absolute atomic E-state index is 12.0. The predicted octanol–water partition coefficient (Wildman–Crippen LogP) is 1.90. The van der Waals surface area contributed by atoms with Crippen LogP contribution in [0.3, 0.4) is 0 Å². The van der Waals surface area contributed by atoms with E-state index in [9.17, 15) is 13.9 Å². The number of nitrogens with zero attached hydrogens (tertiary/aromatic N) is 1. The van der Waals surface area contributed by atoms with Gasteiger partial charge in [-0.3, -0.25) is 4.99 Å². The van der Waals surface area contributed by atoms with Crippen LogP contribution < -0.4 is 15.4 Å². The first kappa shape index (κ1) is 17.2. The number of aliphatic imine (C=N–C) groups is 1. The number of benzene rings is 1. The van der Waals surface area contributed by atoms with Crippen molar-refractivity contribution in [2.45, 2.75) is 26.6 Å². The van der Waals surface area contributed by atoms with Gasteiger partial charge < -0.3 is 20.5 Å². The van der Waals surface area contributed by atoms with Crippen molar-refractivity contribution < 1.29 is 18.6 Å². The van der Waals surface area contributed by atoms with Crippen LogP contribution in [0.1, 0.15) is 25.5 Å². The Bertz CT molecular complexity index is 430. The number of nitrogens with one attached hydrogen (secondary N) is 2. The van der Waals surface area contributed by atoms with Crippen molar-refractivity contribution in [2.75, 3.05) is 19.6 Å². The number of aliphatic hydroxyl groups excluding tert-OH is 1. The first-order valence-corrected chi connectivity index (χ1v) is 6.81. The molecule has 1 rings (SSSR count). The highest BCUT2D eigenvalue weighted by Gasteiger charge is 2.09. The molecule has 0 saturated carbocycles. The molecule has 0 aromatic heterocycles. The first-order valence-electron chi connectivity index (χ1n) is 6.81. The molecule has 1 aromatic carbocycles. The van der Waals surface area contributed by atoms with Crippen LogP contribution in [-0.4, -0.2) is 37.3 Å². The number of alkyl halides is 2. The standard InChI is InChI=1S/C14H21F2N3O2/c1-3-17-14(18-4-2)19-9-12(20)10-5-7-11(8-6-10)21-13(15)16/h5-8,12-13,20H,3-4,9H2,1-2H3,(H2,17,18,19). The van der Waals surface area contributed by atoms with E-state index in [1.807, 2.05) is 13.8 Å². The summed E-state index contributed by atoms with van der Waals surface area (Å²) in [7, 11) is 0. The number of halogens is 2. The van der Waals surface area contributed by atoms with E-state index in [2.05, 4.69) is 20.4 Å². The third-order valence-electron chi connectivity index (χ3n) is 2.60. The van der Waals surface area contributed by atoms with E-state index in [4.69, 9.17) is 0 Å². The lowest BCUT2D eigenvalue weighted by Crippen LogP contribution is -2.37. The van der Waals surface area contributed by atoms with E-state index >= 15 is 0 Å². The summed E-state index contributed by atoms with van der Waals surface area (Å²) in [6.07, 6.45) is -0.807. The normalized spacial score (nSPS) is 11.9. The smallest absolute Gasteiger partial charge is 0.387 e. The molecule has 0 radical (unpaired) electrons. The Morgan fingerprint density at radius 3 is 2.24 bits per heavy atom. The quantitative estimate of drug-likeness (QED) is 0.531. The Hall–Kier alpha value is -1.89. The molecule has 0 saturated heterocycles. The van der Waals surface area contributed by atoms with E-state index in [0.717, 1.165) is 13.1 Å². The Morgan fingerprint density at radius 1 is 1.19 bits per heavy atom. The molecule has 7 heteroatoms.